The molecule has 1 aliphatic rings. The Morgan fingerprint density at radius 3 is 2.05 bits per heavy atom. The van der Waals surface area contributed by atoms with Gasteiger partial charge in [0.1, 0.15) is 0 Å². The Morgan fingerprint density at radius 1 is 1.10 bits per heavy atom. The molecule has 2 rings (SSSR count). The number of hydrogen-bond donors (Lipinski definition) is 3. The van der Waals surface area contributed by atoms with E-state index in [9.17, 15) is 9.59 Å². The van der Waals surface area contributed by atoms with Crippen molar-refractivity contribution in [1.82, 2.24) is 15.3 Å². The third kappa shape index (κ3) is 6.45. The summed E-state index contributed by atoms with van der Waals surface area (Å²) in [5.41, 5.74) is 0. The van der Waals surface area contributed by atoms with E-state index in [2.05, 4.69) is 20.2 Å². The van der Waals surface area contributed by atoms with Gasteiger partial charge in [-0.05, 0) is 6.07 Å². The second-order valence-corrected chi connectivity index (χ2v) is 3.80. The predicted octanol–water partition coefficient (Wildman–Crippen LogP) is -0.402. The lowest BCUT2D eigenvalue weighted by molar-refractivity contribution is -0.134. The maximum Gasteiger partial charge on any atom is 0.328 e. The van der Waals surface area contributed by atoms with E-state index in [1.165, 1.54) is 0 Å². The van der Waals surface area contributed by atoms with Gasteiger partial charge in [0.05, 0.1) is 0 Å². The first-order valence-electron chi connectivity index (χ1n) is 5.96. The maximum atomic E-state index is 9.55. The monoisotopic (exact) mass is 280 g/mol. The number of carboxylic acid groups (broad SMARTS) is 2. The highest BCUT2D eigenvalue weighted by Crippen LogP contribution is 2.04. The SMILES string of the molecule is O=C(O)/C=C\C(=O)O.c1cnc(N2CCNCC2)nc1. The minimum Gasteiger partial charge on any atom is -0.478 e. The van der Waals surface area contributed by atoms with Gasteiger partial charge >= 0.3 is 11.9 Å². The molecule has 0 aliphatic carbocycles. The Hall–Kier alpha value is -2.48. The summed E-state index contributed by atoms with van der Waals surface area (Å²) in [5, 5.41) is 18.9. The molecule has 1 aliphatic heterocycles. The largest absolute Gasteiger partial charge is 0.478 e. The van der Waals surface area contributed by atoms with Crippen molar-refractivity contribution in [1.29, 1.82) is 0 Å². The highest BCUT2D eigenvalue weighted by Gasteiger charge is 2.11. The van der Waals surface area contributed by atoms with Crippen molar-refractivity contribution in [3.63, 3.8) is 0 Å². The molecule has 0 saturated carbocycles. The number of anilines is 1. The van der Waals surface area contributed by atoms with E-state index in [-0.39, 0.29) is 0 Å². The van der Waals surface area contributed by atoms with Gasteiger partial charge in [0.2, 0.25) is 5.95 Å². The molecular formula is C12H16N4O4. The molecule has 0 amide bonds. The molecule has 0 atom stereocenters. The number of piperazine rings is 1. The van der Waals surface area contributed by atoms with Crippen LogP contribution in [-0.2, 0) is 9.59 Å². The van der Waals surface area contributed by atoms with Gasteiger partial charge in [-0.1, -0.05) is 0 Å². The molecule has 0 aromatic carbocycles. The standard InChI is InChI=1S/C8H12N4.C4H4O4/c1-2-10-8(11-3-1)12-6-4-9-5-7-12;5-3(6)1-2-4(7)8/h1-3,9H,4-7H2;1-2H,(H,5,6)(H,7,8)/b;2-1-. The molecule has 2 heterocycles. The van der Waals surface area contributed by atoms with E-state index < -0.39 is 11.9 Å². The van der Waals surface area contributed by atoms with Crippen LogP contribution in [0, 0.1) is 0 Å². The zero-order chi connectivity index (χ0) is 14.8. The molecule has 1 fully saturated rings. The average molecular weight is 280 g/mol. The van der Waals surface area contributed by atoms with Crippen LogP contribution in [-0.4, -0.2) is 58.3 Å². The molecule has 8 nitrogen and oxygen atoms in total. The minimum atomic E-state index is -1.26. The first-order chi connectivity index (χ1) is 9.59. The Balaban J connectivity index is 0.000000221. The molecule has 0 spiro atoms. The summed E-state index contributed by atoms with van der Waals surface area (Å²) in [6.45, 7) is 4.06. The van der Waals surface area contributed by atoms with Gasteiger partial charge in [-0.2, -0.15) is 0 Å². The summed E-state index contributed by atoms with van der Waals surface area (Å²) in [4.78, 5) is 29.7. The quantitative estimate of drug-likeness (QED) is 0.640. The lowest BCUT2D eigenvalue weighted by Crippen LogP contribution is -2.44. The molecule has 108 valence electrons. The van der Waals surface area contributed by atoms with Gasteiger partial charge in [-0.15, -0.1) is 0 Å². The normalized spacial score (nSPS) is 14.5. The van der Waals surface area contributed by atoms with Crippen LogP contribution in [0.5, 0.6) is 0 Å². The lowest BCUT2D eigenvalue weighted by atomic mass is 10.4. The zero-order valence-corrected chi connectivity index (χ0v) is 10.8. The third-order valence-corrected chi connectivity index (χ3v) is 2.32. The summed E-state index contributed by atoms with van der Waals surface area (Å²) in [6.07, 6.45) is 4.68. The molecule has 0 radical (unpaired) electrons. The van der Waals surface area contributed by atoms with Crippen molar-refractivity contribution < 1.29 is 19.8 Å². The fraction of sp³-hybridized carbons (Fsp3) is 0.333. The molecule has 0 unspecified atom stereocenters. The lowest BCUT2D eigenvalue weighted by Gasteiger charge is -2.26. The Bertz CT molecular complexity index is 442. The number of nitrogens with zero attached hydrogens (tertiary/aromatic N) is 3. The Morgan fingerprint density at radius 2 is 1.60 bits per heavy atom. The number of aliphatic carboxylic acids is 2. The van der Waals surface area contributed by atoms with Crippen molar-refractivity contribution in [2.75, 3.05) is 31.1 Å². The minimum absolute atomic E-state index is 0.558. The fourth-order valence-corrected chi connectivity index (χ4v) is 1.46. The summed E-state index contributed by atoms with van der Waals surface area (Å²) >= 11 is 0. The van der Waals surface area contributed by atoms with Crippen molar-refractivity contribution in [2.45, 2.75) is 0 Å². The van der Waals surface area contributed by atoms with E-state index in [4.69, 9.17) is 10.2 Å². The van der Waals surface area contributed by atoms with E-state index in [1.54, 1.807) is 12.4 Å². The van der Waals surface area contributed by atoms with Gasteiger partial charge < -0.3 is 20.4 Å². The van der Waals surface area contributed by atoms with Crippen LogP contribution >= 0.6 is 0 Å². The first kappa shape index (κ1) is 15.6. The first-order valence-corrected chi connectivity index (χ1v) is 5.96. The Kier molecular flexibility index (Phi) is 6.69. The smallest absolute Gasteiger partial charge is 0.328 e. The Labute approximate surface area is 115 Å². The average Bonchev–Trinajstić information content (AvgIpc) is 2.48. The van der Waals surface area contributed by atoms with E-state index in [0.717, 1.165) is 32.1 Å². The summed E-state index contributed by atoms with van der Waals surface area (Å²) in [5.74, 6) is -1.67. The highest BCUT2D eigenvalue weighted by molar-refractivity contribution is 5.89. The van der Waals surface area contributed by atoms with Crippen LogP contribution in [0.15, 0.2) is 30.6 Å². The molecule has 20 heavy (non-hydrogen) atoms. The number of rotatable bonds is 3. The van der Waals surface area contributed by atoms with Gasteiger partial charge in [0.15, 0.2) is 0 Å². The second kappa shape index (κ2) is 8.59. The molecule has 1 aromatic heterocycles. The zero-order valence-electron chi connectivity index (χ0n) is 10.8. The van der Waals surface area contributed by atoms with Gasteiger partial charge in [-0.3, -0.25) is 0 Å². The maximum absolute atomic E-state index is 9.55. The summed E-state index contributed by atoms with van der Waals surface area (Å²) < 4.78 is 0. The van der Waals surface area contributed by atoms with Crippen molar-refractivity contribution in [2.24, 2.45) is 0 Å². The highest BCUT2D eigenvalue weighted by atomic mass is 16.4. The van der Waals surface area contributed by atoms with E-state index >= 15 is 0 Å². The third-order valence-electron chi connectivity index (χ3n) is 2.32. The molecule has 1 aromatic rings. The number of aromatic nitrogens is 2. The molecule has 8 heteroatoms. The van der Waals surface area contributed by atoms with Gasteiger partial charge in [0, 0.05) is 50.7 Å². The van der Waals surface area contributed by atoms with Crippen molar-refractivity contribution >= 4 is 17.9 Å². The van der Waals surface area contributed by atoms with Gasteiger partial charge in [0.25, 0.3) is 0 Å². The van der Waals surface area contributed by atoms with Crippen LogP contribution in [0.3, 0.4) is 0 Å². The topological polar surface area (TPSA) is 116 Å². The summed E-state index contributed by atoms with van der Waals surface area (Å²) in [7, 11) is 0. The van der Waals surface area contributed by atoms with E-state index in [1.807, 2.05) is 6.07 Å². The fourth-order valence-electron chi connectivity index (χ4n) is 1.46. The van der Waals surface area contributed by atoms with Crippen LogP contribution in [0.25, 0.3) is 0 Å². The molecule has 3 N–H and O–H groups in total. The van der Waals surface area contributed by atoms with Crippen molar-refractivity contribution in [3.8, 4) is 0 Å². The van der Waals surface area contributed by atoms with E-state index in [0.29, 0.717) is 12.2 Å². The molecule has 1 saturated heterocycles. The molecule has 0 bridgehead atoms. The van der Waals surface area contributed by atoms with Gasteiger partial charge in [-0.25, -0.2) is 19.6 Å². The number of carbonyl (C=O) groups is 2. The second-order valence-electron chi connectivity index (χ2n) is 3.80. The molecular weight excluding hydrogens is 264 g/mol. The number of carboxylic acids is 2. The van der Waals surface area contributed by atoms with Crippen LogP contribution in [0.2, 0.25) is 0 Å². The predicted molar refractivity (Wildman–Crippen MR) is 71.5 cm³/mol. The van der Waals surface area contributed by atoms with Crippen molar-refractivity contribution in [3.05, 3.63) is 30.6 Å². The number of hydrogen-bond acceptors (Lipinski definition) is 6. The van der Waals surface area contributed by atoms with Crippen LogP contribution in [0.4, 0.5) is 5.95 Å². The van der Waals surface area contributed by atoms with Crippen LogP contribution in [0.1, 0.15) is 0 Å². The number of nitrogens with one attached hydrogen (secondary N) is 1. The van der Waals surface area contributed by atoms with Crippen LogP contribution < -0.4 is 10.2 Å². The summed E-state index contributed by atoms with van der Waals surface area (Å²) in [6, 6.07) is 1.84.